The molecule has 0 radical (unpaired) electrons. The highest BCUT2D eigenvalue weighted by molar-refractivity contribution is 7.89. The van der Waals surface area contributed by atoms with E-state index < -0.39 is 16.0 Å². The van der Waals surface area contributed by atoms with Crippen LogP contribution in [0.3, 0.4) is 0 Å². The molecule has 0 fully saturated rings. The van der Waals surface area contributed by atoms with E-state index in [0.717, 1.165) is 11.6 Å². The van der Waals surface area contributed by atoms with Crippen LogP contribution in [0.5, 0.6) is 11.5 Å². The van der Waals surface area contributed by atoms with Gasteiger partial charge in [-0.3, -0.25) is 0 Å². The Balaban J connectivity index is 2.18. The van der Waals surface area contributed by atoms with E-state index in [9.17, 15) is 13.2 Å². The Morgan fingerprint density at radius 2 is 1.76 bits per heavy atom. The fourth-order valence-corrected chi connectivity index (χ4v) is 3.90. The van der Waals surface area contributed by atoms with Crippen LogP contribution in [0.25, 0.3) is 0 Å². The number of anilines is 1. The molecule has 10 heteroatoms. The van der Waals surface area contributed by atoms with Crippen molar-refractivity contribution in [2.24, 2.45) is 0 Å². The molecule has 9 nitrogen and oxygen atoms in total. The third kappa shape index (κ3) is 5.83. The largest absolute Gasteiger partial charge is 0.493 e. The number of aromatic carboxylic acids is 1. The van der Waals surface area contributed by atoms with Gasteiger partial charge in [0.2, 0.25) is 10.0 Å². The molecule has 0 unspecified atom stereocenters. The molecule has 0 aliphatic heterocycles. The van der Waals surface area contributed by atoms with E-state index in [1.54, 1.807) is 18.2 Å². The molecule has 0 aliphatic carbocycles. The Labute approximate surface area is 169 Å². The van der Waals surface area contributed by atoms with Gasteiger partial charge < -0.3 is 25.0 Å². The van der Waals surface area contributed by atoms with Gasteiger partial charge in [-0.05, 0) is 42.3 Å². The lowest BCUT2D eigenvalue weighted by Crippen LogP contribution is -2.27. The van der Waals surface area contributed by atoms with Crippen LogP contribution in [0.15, 0.2) is 41.3 Å². The lowest BCUT2D eigenvalue weighted by Gasteiger charge is -2.14. The number of hydrogen-bond donors (Lipinski definition) is 4. The smallest absolute Gasteiger partial charge is 0.335 e. The molecule has 2 aromatic carbocycles. The Kier molecular flexibility index (Phi) is 7.82. The summed E-state index contributed by atoms with van der Waals surface area (Å²) in [4.78, 5) is 11.0. The highest BCUT2D eigenvalue weighted by Crippen LogP contribution is 2.28. The second kappa shape index (κ2) is 10.1. The number of aliphatic hydroxyl groups is 1. The Bertz CT molecular complexity index is 961. The van der Waals surface area contributed by atoms with Crippen molar-refractivity contribution in [1.29, 1.82) is 0 Å². The lowest BCUT2D eigenvalue weighted by atomic mass is 10.1. The van der Waals surface area contributed by atoms with Gasteiger partial charge in [-0.2, -0.15) is 0 Å². The first kappa shape index (κ1) is 22.5. The van der Waals surface area contributed by atoms with Crippen LogP contribution >= 0.6 is 0 Å². The molecule has 0 amide bonds. The molecule has 0 aliphatic rings. The average molecular weight is 424 g/mol. The number of benzene rings is 2. The fraction of sp³-hybridized carbons (Fsp3) is 0.316. The molecule has 2 aromatic rings. The molecule has 0 spiro atoms. The van der Waals surface area contributed by atoms with Crippen LogP contribution < -0.4 is 19.5 Å². The van der Waals surface area contributed by atoms with E-state index in [1.165, 1.54) is 26.4 Å². The summed E-state index contributed by atoms with van der Waals surface area (Å²) in [6.07, 6.45) is 0.387. The van der Waals surface area contributed by atoms with Gasteiger partial charge in [-0.15, -0.1) is 0 Å². The van der Waals surface area contributed by atoms with Gasteiger partial charge in [0.15, 0.2) is 11.5 Å². The normalized spacial score (nSPS) is 11.1. The average Bonchev–Trinajstić information content (AvgIpc) is 2.71. The summed E-state index contributed by atoms with van der Waals surface area (Å²) in [5.41, 5.74) is 0.894. The number of sulfonamides is 1. The van der Waals surface area contributed by atoms with Crippen molar-refractivity contribution in [3.63, 3.8) is 0 Å². The minimum atomic E-state index is -3.99. The molecule has 29 heavy (non-hydrogen) atoms. The zero-order valence-electron chi connectivity index (χ0n) is 16.1. The minimum absolute atomic E-state index is 0.0918. The summed E-state index contributed by atoms with van der Waals surface area (Å²) in [7, 11) is -0.948. The molecule has 2 rings (SSSR count). The summed E-state index contributed by atoms with van der Waals surface area (Å²) >= 11 is 0. The predicted molar refractivity (Wildman–Crippen MR) is 107 cm³/mol. The van der Waals surface area contributed by atoms with E-state index >= 15 is 0 Å². The molecule has 0 bridgehead atoms. The number of carboxylic acids is 1. The van der Waals surface area contributed by atoms with Crippen molar-refractivity contribution in [2.75, 3.05) is 39.2 Å². The number of ether oxygens (including phenoxy) is 2. The zero-order valence-corrected chi connectivity index (χ0v) is 17.0. The van der Waals surface area contributed by atoms with Crippen molar-refractivity contribution in [1.82, 2.24) is 4.72 Å². The Hall–Kier alpha value is -2.82. The topological polar surface area (TPSA) is 134 Å². The van der Waals surface area contributed by atoms with E-state index in [0.29, 0.717) is 17.9 Å². The summed E-state index contributed by atoms with van der Waals surface area (Å²) in [5.74, 6) is -0.125. The van der Waals surface area contributed by atoms with Crippen LogP contribution in [-0.4, -0.2) is 58.5 Å². The molecule has 0 saturated carbocycles. The van der Waals surface area contributed by atoms with Crippen LogP contribution in [0.1, 0.15) is 15.9 Å². The maximum Gasteiger partial charge on any atom is 0.335 e. The van der Waals surface area contributed by atoms with Crippen LogP contribution in [-0.2, 0) is 16.4 Å². The molecule has 0 aromatic heterocycles. The quantitative estimate of drug-likeness (QED) is 0.424. The van der Waals surface area contributed by atoms with E-state index in [1.807, 2.05) is 0 Å². The molecular formula is C19H24N2O7S. The van der Waals surface area contributed by atoms with Crippen molar-refractivity contribution >= 4 is 21.7 Å². The predicted octanol–water partition coefficient (Wildman–Crippen LogP) is 1.33. The minimum Gasteiger partial charge on any atom is -0.493 e. The first-order chi connectivity index (χ1) is 13.8. The molecule has 0 heterocycles. The first-order valence-electron chi connectivity index (χ1n) is 8.75. The highest BCUT2D eigenvalue weighted by atomic mass is 32.2. The Morgan fingerprint density at radius 1 is 1.03 bits per heavy atom. The van der Waals surface area contributed by atoms with Crippen molar-refractivity contribution in [2.45, 2.75) is 11.3 Å². The summed E-state index contributed by atoms with van der Waals surface area (Å²) < 4.78 is 38.4. The molecule has 0 atom stereocenters. The summed E-state index contributed by atoms with van der Waals surface area (Å²) in [5, 5.41) is 20.9. The monoisotopic (exact) mass is 424 g/mol. The third-order valence-electron chi connectivity index (χ3n) is 4.10. The van der Waals surface area contributed by atoms with Gasteiger partial charge in [0, 0.05) is 13.1 Å². The van der Waals surface area contributed by atoms with Gasteiger partial charge >= 0.3 is 5.97 Å². The maximum absolute atomic E-state index is 12.8. The molecule has 0 saturated heterocycles. The number of rotatable bonds is 11. The maximum atomic E-state index is 12.8. The molecular weight excluding hydrogens is 400 g/mol. The second-order valence-electron chi connectivity index (χ2n) is 6.00. The Morgan fingerprint density at radius 3 is 2.38 bits per heavy atom. The standard InChI is InChI=1S/C19H24N2O7S/c1-27-16-6-3-13(11-17(16)28-2)7-8-21-29(25,26)18-12-14(19(23)24)4-5-15(18)20-9-10-22/h3-6,11-12,20-22H,7-10H2,1-2H3,(H,23,24). The summed E-state index contributed by atoms with van der Waals surface area (Å²) in [6, 6.07) is 9.03. The van der Waals surface area contributed by atoms with Gasteiger partial charge in [0.05, 0.1) is 32.1 Å². The number of carbonyl (C=O) groups is 1. The van der Waals surface area contributed by atoms with E-state index in [2.05, 4.69) is 10.0 Å². The number of carboxylic acid groups (broad SMARTS) is 1. The first-order valence-corrected chi connectivity index (χ1v) is 10.2. The van der Waals surface area contributed by atoms with E-state index in [-0.39, 0.29) is 35.8 Å². The van der Waals surface area contributed by atoms with Crippen LogP contribution in [0, 0.1) is 0 Å². The third-order valence-corrected chi connectivity index (χ3v) is 5.60. The van der Waals surface area contributed by atoms with Crippen LogP contribution in [0.4, 0.5) is 5.69 Å². The fourth-order valence-electron chi connectivity index (χ4n) is 2.66. The number of nitrogens with one attached hydrogen (secondary N) is 2. The number of methoxy groups -OCH3 is 2. The van der Waals surface area contributed by atoms with Gasteiger partial charge in [-0.1, -0.05) is 6.07 Å². The van der Waals surface area contributed by atoms with E-state index in [4.69, 9.17) is 19.7 Å². The van der Waals surface area contributed by atoms with Crippen LogP contribution in [0.2, 0.25) is 0 Å². The van der Waals surface area contributed by atoms with Crippen molar-refractivity contribution in [3.05, 3.63) is 47.5 Å². The van der Waals surface area contributed by atoms with Crippen molar-refractivity contribution in [3.8, 4) is 11.5 Å². The molecule has 158 valence electrons. The second-order valence-corrected chi connectivity index (χ2v) is 7.74. The highest BCUT2D eigenvalue weighted by Gasteiger charge is 2.20. The summed E-state index contributed by atoms with van der Waals surface area (Å²) in [6.45, 7) is 0.0159. The van der Waals surface area contributed by atoms with Gasteiger partial charge in [-0.25, -0.2) is 17.9 Å². The number of aliphatic hydroxyl groups excluding tert-OH is 1. The van der Waals surface area contributed by atoms with Crippen molar-refractivity contribution < 1.29 is 32.9 Å². The van der Waals surface area contributed by atoms with Gasteiger partial charge in [0.25, 0.3) is 0 Å². The number of hydrogen-bond acceptors (Lipinski definition) is 7. The molecule has 4 N–H and O–H groups in total. The SMILES string of the molecule is COc1ccc(CCNS(=O)(=O)c2cc(C(=O)O)ccc2NCCO)cc1OC. The van der Waals surface area contributed by atoms with Gasteiger partial charge in [0.1, 0.15) is 4.90 Å². The zero-order chi connectivity index (χ0) is 21.4. The lowest BCUT2D eigenvalue weighted by molar-refractivity contribution is 0.0696.